The van der Waals surface area contributed by atoms with Crippen molar-refractivity contribution >= 4 is 35.2 Å². The second kappa shape index (κ2) is 8.92. The number of phenols is 1. The molecular formula is C19H18ClNO5. The number of amides is 1. The highest BCUT2D eigenvalue weighted by molar-refractivity contribution is 6.31. The number of anilines is 1. The van der Waals surface area contributed by atoms with Gasteiger partial charge in [0, 0.05) is 16.8 Å². The van der Waals surface area contributed by atoms with E-state index >= 15 is 0 Å². The molecule has 0 aromatic heterocycles. The van der Waals surface area contributed by atoms with E-state index in [0.717, 1.165) is 5.56 Å². The van der Waals surface area contributed by atoms with Gasteiger partial charge in [0.2, 0.25) is 0 Å². The lowest BCUT2D eigenvalue weighted by molar-refractivity contribution is -0.142. The minimum absolute atomic E-state index is 0.000191. The molecule has 2 N–H and O–H groups in total. The van der Waals surface area contributed by atoms with Crippen LogP contribution < -0.4 is 10.1 Å². The van der Waals surface area contributed by atoms with Crippen LogP contribution in [0, 0.1) is 6.92 Å². The quantitative estimate of drug-likeness (QED) is 0.595. The molecular weight excluding hydrogens is 358 g/mol. The third-order valence-corrected chi connectivity index (χ3v) is 3.91. The van der Waals surface area contributed by atoms with Crippen LogP contribution in [-0.2, 0) is 14.3 Å². The molecule has 0 spiro atoms. The fourth-order valence-corrected chi connectivity index (χ4v) is 2.25. The van der Waals surface area contributed by atoms with Gasteiger partial charge >= 0.3 is 5.97 Å². The molecule has 26 heavy (non-hydrogen) atoms. The molecule has 7 heteroatoms. The average molecular weight is 376 g/mol. The molecule has 0 fully saturated rings. The first-order valence-corrected chi connectivity index (χ1v) is 8.05. The zero-order chi connectivity index (χ0) is 19.1. The molecule has 0 aliphatic carbocycles. The van der Waals surface area contributed by atoms with Crippen molar-refractivity contribution in [2.75, 3.05) is 19.0 Å². The minimum Gasteiger partial charge on any atom is -0.504 e. The van der Waals surface area contributed by atoms with Crippen LogP contribution in [0.1, 0.15) is 11.1 Å². The largest absolute Gasteiger partial charge is 0.504 e. The Hall–Kier alpha value is -2.99. The van der Waals surface area contributed by atoms with E-state index in [9.17, 15) is 14.7 Å². The number of hydrogen-bond acceptors (Lipinski definition) is 5. The predicted octanol–water partition coefficient (Wildman–Crippen LogP) is 3.56. The number of carbonyl (C=O) groups excluding carboxylic acids is 2. The molecule has 6 nitrogen and oxygen atoms in total. The van der Waals surface area contributed by atoms with Crippen molar-refractivity contribution in [2.45, 2.75) is 6.92 Å². The molecule has 0 unspecified atom stereocenters. The molecule has 0 saturated carbocycles. The molecule has 1 amide bonds. The van der Waals surface area contributed by atoms with Crippen molar-refractivity contribution in [3.63, 3.8) is 0 Å². The fraction of sp³-hybridized carbons (Fsp3) is 0.158. The molecule has 0 aliphatic rings. The van der Waals surface area contributed by atoms with Crippen LogP contribution >= 0.6 is 11.6 Å². The number of methoxy groups -OCH3 is 1. The lowest BCUT2D eigenvalue weighted by atomic mass is 10.2. The molecule has 136 valence electrons. The average Bonchev–Trinajstić information content (AvgIpc) is 2.63. The molecule has 0 bridgehead atoms. The molecule has 0 aliphatic heterocycles. The Morgan fingerprint density at radius 3 is 2.77 bits per heavy atom. The number of hydrogen-bond donors (Lipinski definition) is 2. The second-order valence-corrected chi connectivity index (χ2v) is 5.74. The molecule has 2 aromatic rings. The summed E-state index contributed by atoms with van der Waals surface area (Å²) >= 11 is 5.99. The maximum Gasteiger partial charge on any atom is 0.331 e. The normalized spacial score (nSPS) is 10.6. The Balaban J connectivity index is 1.88. The maximum atomic E-state index is 11.9. The molecule has 0 atom stereocenters. The summed E-state index contributed by atoms with van der Waals surface area (Å²) in [5.74, 6) is -0.851. The molecule has 2 aromatic carbocycles. The van der Waals surface area contributed by atoms with Gasteiger partial charge in [-0.3, -0.25) is 4.79 Å². The summed E-state index contributed by atoms with van der Waals surface area (Å²) in [6.07, 6.45) is 2.67. The smallest absolute Gasteiger partial charge is 0.331 e. The number of esters is 1. The van der Waals surface area contributed by atoms with Gasteiger partial charge in [0.15, 0.2) is 18.1 Å². The van der Waals surface area contributed by atoms with E-state index in [0.29, 0.717) is 16.3 Å². The van der Waals surface area contributed by atoms with E-state index in [2.05, 4.69) is 5.32 Å². The predicted molar refractivity (Wildman–Crippen MR) is 99.5 cm³/mol. The van der Waals surface area contributed by atoms with Crippen molar-refractivity contribution in [2.24, 2.45) is 0 Å². The Kier molecular flexibility index (Phi) is 6.63. The Bertz CT molecular complexity index is 848. The first-order valence-electron chi connectivity index (χ1n) is 7.67. The van der Waals surface area contributed by atoms with Crippen LogP contribution in [0.15, 0.2) is 42.5 Å². The maximum absolute atomic E-state index is 11.9. The Morgan fingerprint density at radius 1 is 1.27 bits per heavy atom. The summed E-state index contributed by atoms with van der Waals surface area (Å²) in [5, 5.41) is 12.7. The zero-order valence-electron chi connectivity index (χ0n) is 14.3. The number of nitrogens with one attached hydrogen (secondary N) is 1. The zero-order valence-corrected chi connectivity index (χ0v) is 15.0. The van der Waals surface area contributed by atoms with Gasteiger partial charge in [0.25, 0.3) is 5.91 Å². The monoisotopic (exact) mass is 375 g/mol. The number of aromatic hydroxyl groups is 1. The van der Waals surface area contributed by atoms with Gasteiger partial charge in [0.05, 0.1) is 7.11 Å². The number of benzene rings is 2. The summed E-state index contributed by atoms with van der Waals surface area (Å²) in [4.78, 5) is 23.6. The van der Waals surface area contributed by atoms with E-state index in [4.69, 9.17) is 21.1 Å². The van der Waals surface area contributed by atoms with Crippen LogP contribution in [0.25, 0.3) is 6.08 Å². The van der Waals surface area contributed by atoms with Gasteiger partial charge in [0.1, 0.15) is 0 Å². The highest BCUT2D eigenvalue weighted by Crippen LogP contribution is 2.26. The van der Waals surface area contributed by atoms with E-state index in [1.165, 1.54) is 25.3 Å². The molecule has 0 heterocycles. The Morgan fingerprint density at radius 2 is 2.04 bits per heavy atom. The fourth-order valence-electron chi connectivity index (χ4n) is 2.08. The summed E-state index contributed by atoms with van der Waals surface area (Å²) in [5.41, 5.74) is 1.93. The van der Waals surface area contributed by atoms with Crippen LogP contribution in [0.5, 0.6) is 11.5 Å². The molecule has 0 saturated heterocycles. The van der Waals surface area contributed by atoms with E-state index < -0.39 is 18.5 Å². The van der Waals surface area contributed by atoms with Gasteiger partial charge in [-0.1, -0.05) is 23.7 Å². The van der Waals surface area contributed by atoms with Crippen LogP contribution in [-0.4, -0.2) is 30.7 Å². The summed E-state index contributed by atoms with van der Waals surface area (Å²) in [6.45, 7) is 1.35. The van der Waals surface area contributed by atoms with Crippen LogP contribution in [0.3, 0.4) is 0 Å². The number of halogens is 1. The summed E-state index contributed by atoms with van der Waals surface area (Å²) < 4.78 is 9.88. The van der Waals surface area contributed by atoms with Crippen molar-refractivity contribution < 1.29 is 24.2 Å². The van der Waals surface area contributed by atoms with Crippen LogP contribution in [0.4, 0.5) is 5.69 Å². The SMILES string of the molecule is COc1cc(C=CC(=O)OCC(=O)Nc2cccc(Cl)c2C)ccc1O. The lowest BCUT2D eigenvalue weighted by Gasteiger charge is -2.09. The number of ether oxygens (including phenoxy) is 2. The highest BCUT2D eigenvalue weighted by atomic mass is 35.5. The highest BCUT2D eigenvalue weighted by Gasteiger charge is 2.09. The molecule has 0 radical (unpaired) electrons. The summed E-state index contributed by atoms with van der Waals surface area (Å²) in [7, 11) is 1.43. The lowest BCUT2D eigenvalue weighted by Crippen LogP contribution is -2.20. The van der Waals surface area contributed by atoms with Crippen molar-refractivity contribution in [1.29, 1.82) is 0 Å². The number of carbonyl (C=O) groups is 2. The third kappa shape index (κ3) is 5.26. The first-order chi connectivity index (χ1) is 12.4. The van der Waals surface area contributed by atoms with Gasteiger partial charge < -0.3 is 19.9 Å². The summed E-state index contributed by atoms with van der Waals surface area (Å²) in [6, 6.07) is 9.76. The van der Waals surface area contributed by atoms with E-state index in [1.54, 1.807) is 37.3 Å². The van der Waals surface area contributed by atoms with E-state index in [1.807, 2.05) is 0 Å². The van der Waals surface area contributed by atoms with Gasteiger partial charge in [-0.25, -0.2) is 4.79 Å². The van der Waals surface area contributed by atoms with Crippen LogP contribution in [0.2, 0.25) is 5.02 Å². The third-order valence-electron chi connectivity index (χ3n) is 3.50. The van der Waals surface area contributed by atoms with Crippen molar-refractivity contribution in [1.82, 2.24) is 0 Å². The van der Waals surface area contributed by atoms with Gasteiger partial charge in [-0.15, -0.1) is 0 Å². The topological polar surface area (TPSA) is 84.9 Å². The minimum atomic E-state index is -0.671. The van der Waals surface area contributed by atoms with Crippen molar-refractivity contribution in [3.8, 4) is 11.5 Å². The standard InChI is InChI=1S/C19H18ClNO5/c1-12-14(20)4-3-5-15(12)21-18(23)11-26-19(24)9-7-13-6-8-16(22)17(10-13)25-2/h3-10,22H,11H2,1-2H3,(H,21,23). The van der Waals surface area contributed by atoms with Gasteiger partial charge in [-0.05, 0) is 48.4 Å². The molecule has 2 rings (SSSR count). The van der Waals surface area contributed by atoms with Gasteiger partial charge in [-0.2, -0.15) is 0 Å². The Labute approximate surface area is 156 Å². The van der Waals surface area contributed by atoms with E-state index in [-0.39, 0.29) is 11.5 Å². The first kappa shape index (κ1) is 19.3. The second-order valence-electron chi connectivity index (χ2n) is 5.33. The van der Waals surface area contributed by atoms with Crippen molar-refractivity contribution in [3.05, 3.63) is 58.6 Å². The number of rotatable bonds is 6. The number of phenolic OH excluding ortho intramolecular Hbond substituents is 1.